The van der Waals surface area contributed by atoms with E-state index in [0.717, 1.165) is 11.0 Å². The predicted octanol–water partition coefficient (Wildman–Crippen LogP) is 4.15. The van der Waals surface area contributed by atoms with Gasteiger partial charge in [0.2, 0.25) is 0 Å². The number of imide groups is 1. The average Bonchev–Trinajstić information content (AvgIpc) is 2.73. The number of halogens is 4. The first-order valence-corrected chi connectivity index (χ1v) is 7.11. The normalized spacial score (nSPS) is 14.2. The van der Waals surface area contributed by atoms with E-state index >= 15 is 0 Å². The summed E-state index contributed by atoms with van der Waals surface area (Å²) >= 11 is 2.97. The zero-order chi connectivity index (χ0) is 16.8. The Morgan fingerprint density at radius 1 is 0.913 bits per heavy atom. The Balaban J connectivity index is 2.06. The van der Waals surface area contributed by atoms with Gasteiger partial charge in [0.25, 0.3) is 11.8 Å². The third-order valence-corrected chi connectivity index (χ3v) is 4.00. The van der Waals surface area contributed by atoms with Crippen molar-refractivity contribution in [3.8, 4) is 5.75 Å². The highest BCUT2D eigenvalue weighted by Crippen LogP contribution is 2.40. The van der Waals surface area contributed by atoms with Gasteiger partial charge in [0, 0.05) is 0 Å². The second-order valence-corrected chi connectivity index (χ2v) is 5.42. The Hall–Kier alpha value is -2.35. The van der Waals surface area contributed by atoms with E-state index in [2.05, 4.69) is 20.7 Å². The van der Waals surface area contributed by atoms with Gasteiger partial charge in [0.1, 0.15) is 5.75 Å². The van der Waals surface area contributed by atoms with Crippen LogP contribution in [0, 0.1) is 0 Å². The molecule has 0 aromatic heterocycles. The van der Waals surface area contributed by atoms with Crippen LogP contribution in [0.25, 0.3) is 0 Å². The molecule has 0 spiro atoms. The summed E-state index contributed by atoms with van der Waals surface area (Å²) < 4.78 is 41.0. The molecule has 0 aliphatic carbocycles. The van der Waals surface area contributed by atoms with E-state index in [0.29, 0.717) is 0 Å². The van der Waals surface area contributed by atoms with Crippen LogP contribution in [0.1, 0.15) is 20.7 Å². The summed E-state index contributed by atoms with van der Waals surface area (Å²) in [5.74, 6) is -1.74. The first-order chi connectivity index (χ1) is 10.8. The van der Waals surface area contributed by atoms with Crippen LogP contribution in [0.4, 0.5) is 18.9 Å². The summed E-state index contributed by atoms with van der Waals surface area (Å²) in [6, 6.07) is 9.88. The molecule has 3 rings (SSSR count). The van der Waals surface area contributed by atoms with Gasteiger partial charge in [-0.25, -0.2) is 4.90 Å². The summed E-state index contributed by atoms with van der Waals surface area (Å²) in [5.41, 5.74) is 0.385. The summed E-state index contributed by atoms with van der Waals surface area (Å²) in [5, 5.41) is 0. The number of hydrogen-bond donors (Lipinski definition) is 0. The van der Waals surface area contributed by atoms with E-state index in [1.807, 2.05) is 0 Å². The third-order valence-electron chi connectivity index (χ3n) is 3.20. The molecule has 0 radical (unpaired) electrons. The summed E-state index contributed by atoms with van der Waals surface area (Å²) in [7, 11) is 0. The van der Waals surface area contributed by atoms with E-state index < -0.39 is 23.9 Å². The Morgan fingerprint density at radius 2 is 1.48 bits per heavy atom. The molecule has 0 unspecified atom stereocenters. The molecule has 23 heavy (non-hydrogen) atoms. The molecule has 0 N–H and O–H groups in total. The number of rotatable bonds is 2. The standard InChI is InChI=1S/C15H7BrF3NO3/c16-12-10(6-3-7-11(12)23-15(17,18)19)20-13(21)8-4-1-2-5-9(8)14(20)22/h1-7H. The van der Waals surface area contributed by atoms with E-state index in [1.165, 1.54) is 24.3 Å². The molecular weight excluding hydrogens is 379 g/mol. The quantitative estimate of drug-likeness (QED) is 0.729. The molecule has 2 aromatic rings. The Morgan fingerprint density at radius 3 is 2.00 bits per heavy atom. The maximum atomic E-state index is 12.4. The fourth-order valence-corrected chi connectivity index (χ4v) is 2.81. The minimum absolute atomic E-state index is 0.0158. The number of anilines is 1. The molecule has 0 saturated heterocycles. The number of carbonyl (C=O) groups excluding carboxylic acids is 2. The Bertz CT molecular complexity index is 785. The van der Waals surface area contributed by atoms with Crippen LogP contribution >= 0.6 is 15.9 Å². The highest BCUT2D eigenvalue weighted by atomic mass is 79.9. The van der Waals surface area contributed by atoms with Gasteiger partial charge < -0.3 is 4.74 Å². The van der Waals surface area contributed by atoms with E-state index in [4.69, 9.17) is 0 Å². The minimum Gasteiger partial charge on any atom is -0.405 e. The van der Waals surface area contributed by atoms with E-state index in [-0.39, 0.29) is 21.3 Å². The van der Waals surface area contributed by atoms with Crippen molar-refractivity contribution in [1.29, 1.82) is 0 Å². The molecular formula is C15H7BrF3NO3. The number of hydrogen-bond acceptors (Lipinski definition) is 3. The lowest BCUT2D eigenvalue weighted by Gasteiger charge is -2.18. The maximum Gasteiger partial charge on any atom is 0.573 e. The van der Waals surface area contributed by atoms with Crippen LogP contribution < -0.4 is 9.64 Å². The third kappa shape index (κ3) is 2.70. The van der Waals surface area contributed by atoms with Crippen molar-refractivity contribution >= 4 is 33.4 Å². The van der Waals surface area contributed by atoms with Gasteiger partial charge in [0.05, 0.1) is 21.3 Å². The Kier molecular flexibility index (Phi) is 3.63. The van der Waals surface area contributed by atoms with Crippen LogP contribution in [0.5, 0.6) is 5.75 Å². The van der Waals surface area contributed by atoms with E-state index in [1.54, 1.807) is 12.1 Å². The number of benzene rings is 2. The largest absolute Gasteiger partial charge is 0.573 e. The monoisotopic (exact) mass is 385 g/mol. The van der Waals surface area contributed by atoms with Crippen molar-refractivity contribution in [3.63, 3.8) is 0 Å². The zero-order valence-corrected chi connectivity index (χ0v) is 12.8. The molecule has 0 fully saturated rings. The zero-order valence-electron chi connectivity index (χ0n) is 11.2. The molecule has 0 atom stereocenters. The van der Waals surface area contributed by atoms with Crippen molar-refractivity contribution in [1.82, 2.24) is 0 Å². The van der Waals surface area contributed by atoms with Gasteiger partial charge >= 0.3 is 6.36 Å². The van der Waals surface area contributed by atoms with Crippen LogP contribution in [-0.2, 0) is 0 Å². The first-order valence-electron chi connectivity index (χ1n) is 6.31. The number of ether oxygens (including phenoxy) is 1. The fraction of sp³-hybridized carbons (Fsp3) is 0.0667. The second kappa shape index (κ2) is 5.38. The van der Waals surface area contributed by atoms with Crippen LogP contribution in [0.3, 0.4) is 0 Å². The Labute approximate surface area is 136 Å². The van der Waals surface area contributed by atoms with Crippen molar-refractivity contribution in [3.05, 3.63) is 58.1 Å². The average molecular weight is 386 g/mol. The van der Waals surface area contributed by atoms with Gasteiger partial charge in [0.15, 0.2) is 0 Å². The fourth-order valence-electron chi connectivity index (χ4n) is 2.28. The van der Waals surface area contributed by atoms with Gasteiger partial charge in [-0.3, -0.25) is 9.59 Å². The number of amides is 2. The lowest BCUT2D eigenvalue weighted by Crippen LogP contribution is -2.30. The van der Waals surface area contributed by atoms with Crippen LogP contribution in [-0.4, -0.2) is 18.2 Å². The van der Waals surface area contributed by atoms with Gasteiger partial charge in [-0.15, -0.1) is 13.2 Å². The van der Waals surface area contributed by atoms with Crippen molar-refractivity contribution in [2.24, 2.45) is 0 Å². The number of carbonyl (C=O) groups is 2. The lowest BCUT2D eigenvalue weighted by molar-refractivity contribution is -0.274. The van der Waals surface area contributed by atoms with Crippen LogP contribution in [0.15, 0.2) is 46.9 Å². The first kappa shape index (κ1) is 15.5. The molecule has 1 aliphatic heterocycles. The summed E-state index contributed by atoms with van der Waals surface area (Å²) in [6.07, 6.45) is -4.89. The molecule has 8 heteroatoms. The SMILES string of the molecule is O=C1c2ccccc2C(=O)N1c1cccc(OC(F)(F)F)c1Br. The smallest absolute Gasteiger partial charge is 0.405 e. The molecule has 1 aliphatic rings. The maximum absolute atomic E-state index is 12.4. The molecule has 4 nitrogen and oxygen atoms in total. The highest BCUT2D eigenvalue weighted by molar-refractivity contribution is 9.10. The molecule has 1 heterocycles. The van der Waals surface area contributed by atoms with Crippen molar-refractivity contribution < 1.29 is 27.5 Å². The minimum atomic E-state index is -4.89. The molecule has 0 bridgehead atoms. The van der Waals surface area contributed by atoms with E-state index in [9.17, 15) is 22.8 Å². The predicted molar refractivity (Wildman–Crippen MR) is 78.4 cm³/mol. The summed E-state index contributed by atoms with van der Waals surface area (Å²) in [6.45, 7) is 0. The number of fused-ring (bicyclic) bond motifs is 1. The number of alkyl halides is 3. The lowest BCUT2D eigenvalue weighted by atomic mass is 10.1. The van der Waals surface area contributed by atoms with Crippen molar-refractivity contribution in [2.75, 3.05) is 4.90 Å². The van der Waals surface area contributed by atoms with Crippen LogP contribution in [0.2, 0.25) is 0 Å². The molecule has 118 valence electrons. The van der Waals surface area contributed by atoms with Crippen molar-refractivity contribution in [2.45, 2.75) is 6.36 Å². The molecule has 2 aromatic carbocycles. The summed E-state index contributed by atoms with van der Waals surface area (Å²) in [4.78, 5) is 25.6. The van der Waals surface area contributed by atoms with Gasteiger partial charge in [-0.1, -0.05) is 18.2 Å². The topological polar surface area (TPSA) is 46.6 Å². The molecule has 2 amide bonds. The number of nitrogens with zero attached hydrogens (tertiary/aromatic N) is 1. The van der Waals surface area contributed by atoms with Gasteiger partial charge in [-0.05, 0) is 40.2 Å². The highest BCUT2D eigenvalue weighted by Gasteiger charge is 2.38. The second-order valence-electron chi connectivity index (χ2n) is 4.63. The van der Waals surface area contributed by atoms with Gasteiger partial charge in [-0.2, -0.15) is 0 Å². The molecule has 0 saturated carbocycles.